The molecule has 0 atom stereocenters. The van der Waals surface area contributed by atoms with Crippen molar-refractivity contribution in [2.24, 2.45) is 5.73 Å². The molecule has 0 heterocycles. The Bertz CT molecular complexity index is 392. The van der Waals surface area contributed by atoms with Crippen LogP contribution in [-0.4, -0.2) is 18.4 Å². The smallest absolute Gasteiger partial charge is 0.246 e. The summed E-state index contributed by atoms with van der Waals surface area (Å²) < 4.78 is 12.6. The standard InChI is InChI=1S/C11H13FN2O3/c12-9-4-1-8(2-5-9)3-6-11(16)14-17-7-10(13)15/h1-2,4-5H,3,6-7H2,(H2,13,15)(H,14,16). The SMILES string of the molecule is NC(=O)CONC(=O)CCc1ccc(F)cc1. The lowest BCUT2D eigenvalue weighted by Crippen LogP contribution is -2.29. The lowest BCUT2D eigenvalue weighted by molar-refractivity contribution is -0.137. The third-order valence-electron chi connectivity index (χ3n) is 1.95. The second-order valence-electron chi connectivity index (χ2n) is 3.41. The van der Waals surface area contributed by atoms with Crippen molar-refractivity contribution in [3.63, 3.8) is 0 Å². The van der Waals surface area contributed by atoms with E-state index in [1.54, 1.807) is 12.1 Å². The molecule has 0 radical (unpaired) electrons. The van der Waals surface area contributed by atoms with Gasteiger partial charge in [0.05, 0.1) is 0 Å². The van der Waals surface area contributed by atoms with Gasteiger partial charge >= 0.3 is 0 Å². The first-order chi connectivity index (χ1) is 8.08. The molecule has 0 aliphatic carbocycles. The van der Waals surface area contributed by atoms with Gasteiger partial charge in [-0.15, -0.1) is 0 Å². The second kappa shape index (κ2) is 6.59. The number of carbonyl (C=O) groups is 2. The fourth-order valence-electron chi connectivity index (χ4n) is 1.15. The summed E-state index contributed by atoms with van der Waals surface area (Å²) in [6.45, 7) is -0.359. The van der Waals surface area contributed by atoms with E-state index in [0.717, 1.165) is 5.56 Å². The molecule has 1 rings (SSSR count). The number of halogens is 1. The number of primary amides is 1. The van der Waals surface area contributed by atoms with E-state index in [-0.39, 0.29) is 24.8 Å². The fourth-order valence-corrected chi connectivity index (χ4v) is 1.15. The first-order valence-electron chi connectivity index (χ1n) is 5.01. The summed E-state index contributed by atoms with van der Waals surface area (Å²) in [7, 11) is 0. The molecule has 5 nitrogen and oxygen atoms in total. The van der Waals surface area contributed by atoms with Gasteiger partial charge in [0.2, 0.25) is 11.8 Å². The van der Waals surface area contributed by atoms with Crippen LogP contribution in [0.1, 0.15) is 12.0 Å². The van der Waals surface area contributed by atoms with Crippen molar-refractivity contribution in [3.8, 4) is 0 Å². The molecule has 17 heavy (non-hydrogen) atoms. The number of benzene rings is 1. The van der Waals surface area contributed by atoms with Crippen molar-refractivity contribution >= 4 is 11.8 Å². The average Bonchev–Trinajstić information content (AvgIpc) is 2.28. The zero-order valence-electron chi connectivity index (χ0n) is 9.11. The Morgan fingerprint density at radius 1 is 1.29 bits per heavy atom. The average molecular weight is 240 g/mol. The minimum absolute atomic E-state index is 0.185. The molecule has 0 aliphatic rings. The third kappa shape index (κ3) is 5.62. The zero-order valence-corrected chi connectivity index (χ0v) is 9.11. The number of hydroxylamine groups is 1. The molecule has 0 aromatic heterocycles. The molecule has 0 saturated carbocycles. The maximum Gasteiger partial charge on any atom is 0.246 e. The molecular formula is C11H13FN2O3. The molecule has 0 bridgehead atoms. The van der Waals surface area contributed by atoms with Crippen molar-refractivity contribution in [3.05, 3.63) is 35.6 Å². The van der Waals surface area contributed by atoms with Gasteiger partial charge in [0.25, 0.3) is 0 Å². The molecule has 0 spiro atoms. The van der Waals surface area contributed by atoms with Crippen molar-refractivity contribution in [1.82, 2.24) is 5.48 Å². The van der Waals surface area contributed by atoms with Crippen molar-refractivity contribution in [2.75, 3.05) is 6.61 Å². The predicted molar refractivity (Wildman–Crippen MR) is 58.0 cm³/mol. The van der Waals surface area contributed by atoms with Gasteiger partial charge < -0.3 is 5.73 Å². The molecule has 6 heteroatoms. The van der Waals surface area contributed by atoms with E-state index >= 15 is 0 Å². The number of aryl methyl sites for hydroxylation is 1. The van der Waals surface area contributed by atoms with Gasteiger partial charge in [-0.05, 0) is 24.1 Å². The Labute approximate surface area is 97.7 Å². The van der Waals surface area contributed by atoms with Crippen LogP contribution >= 0.6 is 0 Å². The van der Waals surface area contributed by atoms with Crippen LogP contribution in [-0.2, 0) is 20.8 Å². The van der Waals surface area contributed by atoms with Gasteiger partial charge in [0.1, 0.15) is 5.82 Å². The highest BCUT2D eigenvalue weighted by Gasteiger charge is 2.03. The van der Waals surface area contributed by atoms with Crippen molar-refractivity contribution in [2.45, 2.75) is 12.8 Å². The van der Waals surface area contributed by atoms with Crippen LogP contribution in [0.15, 0.2) is 24.3 Å². The van der Waals surface area contributed by atoms with Crippen LogP contribution < -0.4 is 11.2 Å². The lowest BCUT2D eigenvalue weighted by Gasteiger charge is -2.04. The summed E-state index contributed by atoms with van der Waals surface area (Å²) in [4.78, 5) is 26.0. The summed E-state index contributed by atoms with van der Waals surface area (Å²) in [5.74, 6) is -1.34. The minimum atomic E-state index is -0.663. The second-order valence-corrected chi connectivity index (χ2v) is 3.41. The molecule has 0 saturated heterocycles. The summed E-state index contributed by atoms with van der Waals surface area (Å²) in [5.41, 5.74) is 7.73. The van der Waals surface area contributed by atoms with E-state index in [1.165, 1.54) is 12.1 Å². The van der Waals surface area contributed by atoms with Gasteiger partial charge in [-0.2, -0.15) is 0 Å². The normalized spacial score (nSPS) is 9.94. The zero-order chi connectivity index (χ0) is 12.7. The minimum Gasteiger partial charge on any atom is -0.368 e. The van der Waals surface area contributed by atoms with Gasteiger partial charge in [-0.3, -0.25) is 14.4 Å². The van der Waals surface area contributed by atoms with Gasteiger partial charge in [-0.25, -0.2) is 9.87 Å². The molecule has 1 aromatic carbocycles. The molecule has 0 aliphatic heterocycles. The first kappa shape index (κ1) is 13.1. The van der Waals surface area contributed by atoms with Crippen LogP contribution in [0.25, 0.3) is 0 Å². The van der Waals surface area contributed by atoms with Gasteiger partial charge in [0.15, 0.2) is 6.61 Å². The fraction of sp³-hybridized carbons (Fsp3) is 0.273. The highest BCUT2D eigenvalue weighted by Crippen LogP contribution is 2.05. The van der Waals surface area contributed by atoms with E-state index < -0.39 is 5.91 Å². The molecule has 0 fully saturated rings. The summed E-state index contributed by atoms with van der Waals surface area (Å²) >= 11 is 0. The number of nitrogens with two attached hydrogens (primary N) is 1. The highest BCUT2D eigenvalue weighted by atomic mass is 19.1. The van der Waals surface area contributed by atoms with E-state index in [2.05, 4.69) is 10.3 Å². The highest BCUT2D eigenvalue weighted by molar-refractivity contribution is 5.77. The van der Waals surface area contributed by atoms with E-state index in [4.69, 9.17) is 5.73 Å². The Balaban J connectivity index is 2.23. The number of carbonyl (C=O) groups excluding carboxylic acids is 2. The third-order valence-corrected chi connectivity index (χ3v) is 1.95. The predicted octanol–water partition coefficient (Wildman–Crippen LogP) is 0.291. The largest absolute Gasteiger partial charge is 0.368 e. The van der Waals surface area contributed by atoms with Gasteiger partial charge in [0, 0.05) is 6.42 Å². The quantitative estimate of drug-likeness (QED) is 0.701. The molecule has 92 valence electrons. The Kier molecular flexibility index (Phi) is 5.09. The number of hydrogen-bond acceptors (Lipinski definition) is 3. The molecular weight excluding hydrogens is 227 g/mol. The number of hydrogen-bond donors (Lipinski definition) is 2. The Morgan fingerprint density at radius 2 is 1.94 bits per heavy atom. The number of amides is 2. The maximum atomic E-state index is 12.6. The van der Waals surface area contributed by atoms with E-state index in [1.807, 2.05) is 0 Å². The Morgan fingerprint density at radius 3 is 2.53 bits per heavy atom. The van der Waals surface area contributed by atoms with Crippen LogP contribution in [0.3, 0.4) is 0 Å². The molecule has 1 aromatic rings. The number of rotatable bonds is 6. The summed E-state index contributed by atoms with van der Waals surface area (Å²) in [6, 6.07) is 5.87. The van der Waals surface area contributed by atoms with Crippen LogP contribution in [0.2, 0.25) is 0 Å². The van der Waals surface area contributed by atoms with Gasteiger partial charge in [-0.1, -0.05) is 12.1 Å². The Hall–Kier alpha value is -1.95. The topological polar surface area (TPSA) is 81.4 Å². The molecule has 3 N–H and O–H groups in total. The summed E-state index contributed by atoms with van der Waals surface area (Å²) in [5, 5.41) is 0. The van der Waals surface area contributed by atoms with E-state index in [9.17, 15) is 14.0 Å². The summed E-state index contributed by atoms with van der Waals surface area (Å²) in [6.07, 6.45) is 0.649. The monoisotopic (exact) mass is 240 g/mol. The molecule has 2 amide bonds. The van der Waals surface area contributed by atoms with Crippen molar-refractivity contribution in [1.29, 1.82) is 0 Å². The van der Waals surface area contributed by atoms with Crippen LogP contribution in [0.4, 0.5) is 4.39 Å². The number of nitrogens with one attached hydrogen (secondary N) is 1. The van der Waals surface area contributed by atoms with Crippen LogP contribution in [0.5, 0.6) is 0 Å². The van der Waals surface area contributed by atoms with Crippen LogP contribution in [0, 0.1) is 5.82 Å². The maximum absolute atomic E-state index is 12.6. The first-order valence-corrected chi connectivity index (χ1v) is 5.01. The lowest BCUT2D eigenvalue weighted by atomic mass is 10.1. The van der Waals surface area contributed by atoms with E-state index in [0.29, 0.717) is 6.42 Å². The van der Waals surface area contributed by atoms with Crippen molar-refractivity contribution < 1.29 is 18.8 Å². The molecule has 0 unspecified atom stereocenters.